The van der Waals surface area contributed by atoms with Gasteiger partial charge in [0.05, 0.1) is 4.90 Å². The second-order valence-electron chi connectivity index (χ2n) is 4.29. The van der Waals surface area contributed by atoms with Crippen LogP contribution in [0.5, 0.6) is 0 Å². The number of nitrogens with two attached hydrogens (primary N) is 1. The van der Waals surface area contributed by atoms with Gasteiger partial charge in [-0.3, -0.25) is 4.79 Å². The van der Waals surface area contributed by atoms with Gasteiger partial charge in [-0.2, -0.15) is 0 Å². The number of aromatic amines is 1. The molecule has 0 atom stereocenters. The van der Waals surface area contributed by atoms with Crippen LogP contribution in [-0.2, 0) is 10.0 Å². The summed E-state index contributed by atoms with van der Waals surface area (Å²) in [6.07, 6.45) is 4.38. The van der Waals surface area contributed by atoms with E-state index in [1.165, 1.54) is 12.3 Å². The first-order chi connectivity index (χ1) is 7.89. The lowest BCUT2D eigenvalue weighted by atomic mass is 9.92. The lowest BCUT2D eigenvalue weighted by molar-refractivity contribution is 0.0646. The number of H-pyrrole nitrogens is 1. The van der Waals surface area contributed by atoms with Crippen LogP contribution >= 0.6 is 0 Å². The number of carbonyl (C=O) groups excluding carboxylic acids is 1. The van der Waals surface area contributed by atoms with Crippen molar-refractivity contribution in [3.63, 3.8) is 0 Å². The summed E-state index contributed by atoms with van der Waals surface area (Å²) in [6.45, 7) is 0. The molecule has 1 aromatic heterocycles. The molecule has 1 aliphatic rings. The highest BCUT2D eigenvalue weighted by atomic mass is 32.2. The number of hydrogen-bond donors (Lipinski definition) is 2. The summed E-state index contributed by atoms with van der Waals surface area (Å²) in [7, 11) is -2.03. The molecule has 0 aliphatic heterocycles. The Bertz CT molecular complexity index is 531. The van der Waals surface area contributed by atoms with Crippen molar-refractivity contribution in [2.24, 2.45) is 5.14 Å². The molecule has 0 aromatic carbocycles. The highest BCUT2D eigenvalue weighted by Gasteiger charge is 2.27. The standard InChI is InChI=1S/C10H15N3O3S/c1-13(7-3-2-4-7)10(14)9-5-8(6-12-9)17(11,15)16/h5-7,12H,2-4H2,1H3,(H2,11,15,16). The van der Waals surface area contributed by atoms with E-state index in [4.69, 9.17) is 5.14 Å². The van der Waals surface area contributed by atoms with E-state index < -0.39 is 10.0 Å². The first-order valence-electron chi connectivity index (χ1n) is 5.38. The van der Waals surface area contributed by atoms with Gasteiger partial charge in [0.25, 0.3) is 5.91 Å². The molecule has 1 fully saturated rings. The molecule has 0 radical (unpaired) electrons. The van der Waals surface area contributed by atoms with E-state index in [1.54, 1.807) is 11.9 Å². The molecule has 2 rings (SSSR count). The smallest absolute Gasteiger partial charge is 0.270 e. The van der Waals surface area contributed by atoms with Crippen molar-refractivity contribution >= 4 is 15.9 Å². The van der Waals surface area contributed by atoms with Gasteiger partial charge in [-0.1, -0.05) is 0 Å². The van der Waals surface area contributed by atoms with Crippen LogP contribution < -0.4 is 5.14 Å². The van der Waals surface area contributed by atoms with Crippen molar-refractivity contribution in [2.75, 3.05) is 7.05 Å². The van der Waals surface area contributed by atoms with Crippen molar-refractivity contribution in [1.29, 1.82) is 0 Å². The van der Waals surface area contributed by atoms with E-state index in [1.807, 2.05) is 0 Å². The van der Waals surface area contributed by atoms with Crippen LogP contribution in [0.25, 0.3) is 0 Å². The fraction of sp³-hybridized carbons (Fsp3) is 0.500. The van der Waals surface area contributed by atoms with Crippen molar-refractivity contribution in [3.05, 3.63) is 18.0 Å². The van der Waals surface area contributed by atoms with Gasteiger partial charge < -0.3 is 9.88 Å². The molecule has 1 aliphatic carbocycles. The number of nitrogens with zero attached hydrogens (tertiary/aromatic N) is 1. The molecule has 3 N–H and O–H groups in total. The van der Waals surface area contributed by atoms with Crippen molar-refractivity contribution < 1.29 is 13.2 Å². The maximum Gasteiger partial charge on any atom is 0.270 e. The summed E-state index contributed by atoms with van der Waals surface area (Å²) < 4.78 is 22.1. The third-order valence-electron chi connectivity index (χ3n) is 3.16. The van der Waals surface area contributed by atoms with Crippen LogP contribution in [0, 0.1) is 0 Å². The largest absolute Gasteiger partial charge is 0.356 e. The van der Waals surface area contributed by atoms with Crippen molar-refractivity contribution in [2.45, 2.75) is 30.2 Å². The maximum absolute atomic E-state index is 12.0. The van der Waals surface area contributed by atoms with Crippen LogP contribution in [0.3, 0.4) is 0 Å². The molecule has 0 saturated heterocycles. The number of aromatic nitrogens is 1. The summed E-state index contributed by atoms with van der Waals surface area (Å²) in [5.41, 5.74) is 0.253. The number of rotatable bonds is 3. The van der Waals surface area contributed by atoms with Gasteiger partial charge in [0.1, 0.15) is 5.69 Å². The first kappa shape index (κ1) is 12.1. The second kappa shape index (κ2) is 4.15. The van der Waals surface area contributed by atoms with Gasteiger partial charge >= 0.3 is 0 Å². The Labute approximate surface area is 99.8 Å². The van der Waals surface area contributed by atoms with Crippen LogP contribution in [-0.4, -0.2) is 37.3 Å². The van der Waals surface area contributed by atoms with Gasteiger partial charge in [0, 0.05) is 19.3 Å². The zero-order valence-corrected chi connectivity index (χ0v) is 10.3. The second-order valence-corrected chi connectivity index (χ2v) is 5.86. The lowest BCUT2D eigenvalue weighted by Crippen LogP contribution is -2.41. The third-order valence-corrected chi connectivity index (χ3v) is 4.05. The average molecular weight is 257 g/mol. The normalized spacial score (nSPS) is 16.6. The molecule has 1 aromatic rings. The zero-order chi connectivity index (χ0) is 12.6. The van der Waals surface area contributed by atoms with Gasteiger partial charge in [-0.05, 0) is 25.3 Å². The quantitative estimate of drug-likeness (QED) is 0.814. The molecule has 6 nitrogen and oxygen atoms in total. The molecule has 0 unspecified atom stereocenters. The van der Waals surface area contributed by atoms with Crippen molar-refractivity contribution in [3.8, 4) is 0 Å². The Balaban J connectivity index is 2.17. The van der Waals surface area contributed by atoms with Crippen LogP contribution in [0.2, 0.25) is 0 Å². The molecule has 94 valence electrons. The minimum absolute atomic E-state index is 0.0668. The van der Waals surface area contributed by atoms with E-state index >= 15 is 0 Å². The number of nitrogens with one attached hydrogen (secondary N) is 1. The first-order valence-corrected chi connectivity index (χ1v) is 6.92. The van der Waals surface area contributed by atoms with E-state index in [0.29, 0.717) is 0 Å². The summed E-state index contributed by atoms with van der Waals surface area (Å²) in [5, 5.41) is 4.97. The average Bonchev–Trinajstić information content (AvgIpc) is 2.61. The van der Waals surface area contributed by atoms with E-state index in [-0.39, 0.29) is 22.5 Å². The monoisotopic (exact) mass is 257 g/mol. The number of sulfonamides is 1. The van der Waals surface area contributed by atoms with Gasteiger partial charge in [0.2, 0.25) is 10.0 Å². The molecule has 7 heteroatoms. The molecule has 0 spiro atoms. The summed E-state index contributed by atoms with van der Waals surface area (Å²) in [4.78, 5) is 16.2. The highest BCUT2D eigenvalue weighted by Crippen LogP contribution is 2.24. The Morgan fingerprint density at radius 2 is 2.18 bits per heavy atom. The third kappa shape index (κ3) is 2.34. The summed E-state index contributed by atoms with van der Waals surface area (Å²) in [6, 6.07) is 1.54. The van der Waals surface area contributed by atoms with Gasteiger partial charge in [-0.15, -0.1) is 0 Å². The number of hydrogen-bond acceptors (Lipinski definition) is 3. The molecular weight excluding hydrogens is 242 g/mol. The molecular formula is C10H15N3O3S. The fourth-order valence-electron chi connectivity index (χ4n) is 1.79. The Kier molecular flexibility index (Phi) is 2.96. The summed E-state index contributed by atoms with van der Waals surface area (Å²) >= 11 is 0. The number of carbonyl (C=O) groups is 1. The van der Waals surface area contributed by atoms with E-state index in [2.05, 4.69) is 4.98 Å². The predicted octanol–water partition coefficient (Wildman–Crippen LogP) is 0.287. The predicted molar refractivity (Wildman–Crippen MR) is 61.9 cm³/mol. The molecule has 1 saturated carbocycles. The Morgan fingerprint density at radius 3 is 2.59 bits per heavy atom. The fourth-order valence-corrected chi connectivity index (χ4v) is 2.30. The summed E-state index contributed by atoms with van der Waals surface area (Å²) in [5.74, 6) is -0.204. The maximum atomic E-state index is 12.0. The van der Waals surface area contributed by atoms with Crippen molar-refractivity contribution in [1.82, 2.24) is 9.88 Å². The molecule has 17 heavy (non-hydrogen) atoms. The van der Waals surface area contributed by atoms with Crippen LogP contribution in [0.4, 0.5) is 0 Å². The van der Waals surface area contributed by atoms with Crippen LogP contribution in [0.15, 0.2) is 17.2 Å². The SMILES string of the molecule is CN(C(=O)c1cc(S(N)(=O)=O)c[nH]1)C1CCC1. The molecule has 1 heterocycles. The minimum Gasteiger partial charge on any atom is -0.356 e. The Morgan fingerprint density at radius 1 is 1.53 bits per heavy atom. The topological polar surface area (TPSA) is 96.3 Å². The zero-order valence-electron chi connectivity index (χ0n) is 9.51. The number of primary sulfonamides is 1. The number of amides is 1. The Hall–Kier alpha value is -1.34. The molecule has 1 amide bonds. The minimum atomic E-state index is -3.76. The van der Waals surface area contributed by atoms with E-state index in [0.717, 1.165) is 19.3 Å². The van der Waals surface area contributed by atoms with Gasteiger partial charge in [0.15, 0.2) is 0 Å². The lowest BCUT2D eigenvalue weighted by Gasteiger charge is -2.34. The van der Waals surface area contributed by atoms with Crippen LogP contribution in [0.1, 0.15) is 29.8 Å². The molecule has 0 bridgehead atoms. The highest BCUT2D eigenvalue weighted by molar-refractivity contribution is 7.89. The van der Waals surface area contributed by atoms with Gasteiger partial charge in [-0.25, -0.2) is 13.6 Å². The van der Waals surface area contributed by atoms with E-state index in [9.17, 15) is 13.2 Å².